The molecule has 2 fully saturated rings. The van der Waals surface area contributed by atoms with Crippen LogP contribution >= 0.6 is 0 Å². The third-order valence-electron chi connectivity index (χ3n) is 4.15. The van der Waals surface area contributed by atoms with Crippen LogP contribution in [0.1, 0.15) is 31.2 Å². The molecule has 0 heterocycles. The van der Waals surface area contributed by atoms with E-state index in [9.17, 15) is 9.18 Å². The van der Waals surface area contributed by atoms with Crippen molar-refractivity contribution in [1.82, 2.24) is 4.90 Å². The number of nitrogens with zero attached hydrogens (tertiary/aromatic N) is 1. The van der Waals surface area contributed by atoms with Gasteiger partial charge in [-0.3, -0.25) is 4.79 Å². The molecular formula is C15H18FNO2. The molecule has 2 saturated carbocycles. The van der Waals surface area contributed by atoms with Gasteiger partial charge in [0.05, 0.1) is 12.0 Å². The molecule has 0 saturated heterocycles. The number of carbonyl (C=O) groups is 1. The van der Waals surface area contributed by atoms with Crippen molar-refractivity contribution >= 4 is 5.91 Å². The number of amides is 1. The minimum atomic E-state index is -0.453. The van der Waals surface area contributed by atoms with Gasteiger partial charge in [-0.05, 0) is 43.4 Å². The average Bonchev–Trinajstić information content (AvgIpc) is 3.28. The van der Waals surface area contributed by atoms with E-state index >= 15 is 0 Å². The lowest BCUT2D eigenvalue weighted by Crippen LogP contribution is -2.42. The largest absolute Gasteiger partial charge is 0.395 e. The Morgan fingerprint density at radius 3 is 2.42 bits per heavy atom. The molecule has 0 bridgehead atoms. The lowest BCUT2D eigenvalue weighted by molar-refractivity contribution is -0.135. The van der Waals surface area contributed by atoms with Crippen LogP contribution in [-0.2, 0) is 10.2 Å². The summed E-state index contributed by atoms with van der Waals surface area (Å²) in [5.74, 6) is -0.169. The first-order valence-corrected chi connectivity index (χ1v) is 6.85. The molecule has 0 spiro atoms. The Morgan fingerprint density at radius 1 is 1.32 bits per heavy atom. The van der Waals surface area contributed by atoms with E-state index in [4.69, 9.17) is 5.11 Å². The highest BCUT2D eigenvalue weighted by atomic mass is 19.1. The molecule has 1 N–H and O–H groups in total. The van der Waals surface area contributed by atoms with Crippen LogP contribution in [0.3, 0.4) is 0 Å². The van der Waals surface area contributed by atoms with Gasteiger partial charge in [-0.15, -0.1) is 0 Å². The highest BCUT2D eigenvalue weighted by Gasteiger charge is 2.54. The number of carbonyl (C=O) groups excluding carboxylic acids is 1. The molecule has 0 unspecified atom stereocenters. The van der Waals surface area contributed by atoms with Gasteiger partial charge >= 0.3 is 0 Å². The second-order valence-electron chi connectivity index (χ2n) is 5.54. The molecular weight excluding hydrogens is 245 g/mol. The number of aliphatic hydroxyl groups excluding tert-OH is 1. The summed E-state index contributed by atoms with van der Waals surface area (Å²) in [6, 6.07) is 6.55. The van der Waals surface area contributed by atoms with Crippen LogP contribution < -0.4 is 0 Å². The fourth-order valence-electron chi connectivity index (χ4n) is 2.74. The quantitative estimate of drug-likeness (QED) is 0.880. The van der Waals surface area contributed by atoms with Crippen molar-refractivity contribution in [2.24, 2.45) is 0 Å². The summed E-state index contributed by atoms with van der Waals surface area (Å²) in [6.45, 7) is 0.411. The summed E-state index contributed by atoms with van der Waals surface area (Å²) in [7, 11) is 0. The molecule has 0 atom stereocenters. The van der Waals surface area contributed by atoms with Crippen molar-refractivity contribution in [3.8, 4) is 0 Å². The minimum absolute atomic E-state index is 0.00172. The Hall–Kier alpha value is -1.42. The minimum Gasteiger partial charge on any atom is -0.395 e. The Morgan fingerprint density at radius 2 is 1.95 bits per heavy atom. The van der Waals surface area contributed by atoms with Gasteiger partial charge in [0, 0.05) is 12.6 Å². The third-order valence-corrected chi connectivity index (χ3v) is 4.15. The van der Waals surface area contributed by atoms with Crippen LogP contribution in [0, 0.1) is 5.82 Å². The van der Waals surface area contributed by atoms with Gasteiger partial charge in [-0.25, -0.2) is 4.39 Å². The second-order valence-corrected chi connectivity index (χ2v) is 5.54. The molecule has 3 nitrogen and oxygen atoms in total. The van der Waals surface area contributed by atoms with E-state index in [1.165, 1.54) is 12.1 Å². The zero-order valence-corrected chi connectivity index (χ0v) is 10.8. The molecule has 0 radical (unpaired) electrons. The lowest BCUT2D eigenvalue weighted by Gasteiger charge is -2.27. The molecule has 2 aliphatic rings. The van der Waals surface area contributed by atoms with Crippen molar-refractivity contribution in [2.45, 2.75) is 37.1 Å². The lowest BCUT2D eigenvalue weighted by atomic mass is 9.94. The van der Waals surface area contributed by atoms with Crippen LogP contribution in [0.15, 0.2) is 24.3 Å². The van der Waals surface area contributed by atoms with E-state index in [0.29, 0.717) is 12.6 Å². The fraction of sp³-hybridized carbons (Fsp3) is 0.533. The maximum absolute atomic E-state index is 13.0. The van der Waals surface area contributed by atoms with Crippen molar-refractivity contribution in [1.29, 1.82) is 0 Å². The van der Waals surface area contributed by atoms with Crippen LogP contribution in [0.4, 0.5) is 4.39 Å². The SMILES string of the molecule is O=C(N(CCO)C1CC1)C1(c2ccc(F)cc2)CC1. The summed E-state index contributed by atoms with van der Waals surface area (Å²) in [5.41, 5.74) is 0.452. The van der Waals surface area contributed by atoms with E-state index in [2.05, 4.69) is 0 Å². The van der Waals surface area contributed by atoms with Crippen molar-refractivity contribution in [3.63, 3.8) is 0 Å². The van der Waals surface area contributed by atoms with E-state index in [1.54, 1.807) is 12.1 Å². The summed E-state index contributed by atoms with van der Waals surface area (Å²) in [5, 5.41) is 9.11. The van der Waals surface area contributed by atoms with Crippen molar-refractivity contribution in [2.75, 3.05) is 13.2 Å². The Kier molecular flexibility index (Phi) is 3.05. The van der Waals surface area contributed by atoms with Crippen molar-refractivity contribution < 1.29 is 14.3 Å². The summed E-state index contributed by atoms with van der Waals surface area (Å²) >= 11 is 0. The molecule has 19 heavy (non-hydrogen) atoms. The summed E-state index contributed by atoms with van der Waals surface area (Å²) < 4.78 is 13.0. The summed E-state index contributed by atoms with van der Waals surface area (Å²) in [6.07, 6.45) is 3.72. The number of rotatable bonds is 5. The van der Waals surface area contributed by atoms with E-state index in [1.807, 2.05) is 4.90 Å². The normalized spacial score (nSPS) is 20.1. The standard InChI is InChI=1S/C15H18FNO2/c16-12-3-1-11(2-4-12)15(7-8-15)14(19)17(9-10-18)13-5-6-13/h1-4,13,18H,5-10H2. The molecule has 0 aliphatic heterocycles. The highest BCUT2D eigenvalue weighted by Crippen LogP contribution is 2.50. The Balaban J connectivity index is 1.83. The zero-order chi connectivity index (χ0) is 13.5. The molecule has 1 aromatic rings. The van der Waals surface area contributed by atoms with Gasteiger partial charge < -0.3 is 10.0 Å². The Labute approximate surface area is 112 Å². The molecule has 0 aromatic heterocycles. The van der Waals surface area contributed by atoms with Crippen LogP contribution in [0.25, 0.3) is 0 Å². The number of halogens is 1. The maximum Gasteiger partial charge on any atom is 0.233 e. The topological polar surface area (TPSA) is 40.5 Å². The van der Waals surface area contributed by atoms with Crippen molar-refractivity contribution in [3.05, 3.63) is 35.6 Å². The predicted molar refractivity (Wildman–Crippen MR) is 69.1 cm³/mol. The van der Waals surface area contributed by atoms with Gasteiger partial charge in [-0.2, -0.15) is 0 Å². The summed E-state index contributed by atoms with van der Waals surface area (Å²) in [4.78, 5) is 14.5. The van der Waals surface area contributed by atoms with E-state index in [0.717, 1.165) is 31.2 Å². The maximum atomic E-state index is 13.0. The predicted octanol–water partition coefficient (Wildman–Crippen LogP) is 1.84. The van der Waals surface area contributed by atoms with Gasteiger partial charge in [0.15, 0.2) is 0 Å². The first-order chi connectivity index (χ1) is 9.17. The van der Waals surface area contributed by atoms with Crippen LogP contribution in [-0.4, -0.2) is 35.1 Å². The number of hydrogen-bond donors (Lipinski definition) is 1. The number of benzene rings is 1. The zero-order valence-electron chi connectivity index (χ0n) is 10.8. The third kappa shape index (κ3) is 2.25. The monoisotopic (exact) mass is 263 g/mol. The van der Waals surface area contributed by atoms with Crippen LogP contribution in [0.2, 0.25) is 0 Å². The van der Waals surface area contributed by atoms with Gasteiger partial charge in [0.2, 0.25) is 5.91 Å². The number of hydrogen-bond acceptors (Lipinski definition) is 2. The average molecular weight is 263 g/mol. The fourth-order valence-corrected chi connectivity index (χ4v) is 2.74. The van der Waals surface area contributed by atoms with Gasteiger partial charge in [-0.1, -0.05) is 12.1 Å². The van der Waals surface area contributed by atoms with E-state index < -0.39 is 5.41 Å². The van der Waals surface area contributed by atoms with E-state index in [-0.39, 0.29) is 18.3 Å². The molecule has 1 amide bonds. The second kappa shape index (κ2) is 4.60. The molecule has 102 valence electrons. The molecule has 2 aliphatic carbocycles. The van der Waals surface area contributed by atoms with Gasteiger partial charge in [0.25, 0.3) is 0 Å². The smallest absolute Gasteiger partial charge is 0.233 e. The first-order valence-electron chi connectivity index (χ1n) is 6.85. The first kappa shape index (κ1) is 12.6. The number of aliphatic hydroxyl groups is 1. The molecule has 3 rings (SSSR count). The Bertz CT molecular complexity index is 477. The highest BCUT2D eigenvalue weighted by molar-refractivity contribution is 5.91. The van der Waals surface area contributed by atoms with Gasteiger partial charge in [0.1, 0.15) is 5.82 Å². The molecule has 4 heteroatoms. The van der Waals surface area contributed by atoms with Crippen LogP contribution in [0.5, 0.6) is 0 Å². The molecule has 1 aromatic carbocycles.